The van der Waals surface area contributed by atoms with E-state index < -0.39 is 22.6 Å². The summed E-state index contributed by atoms with van der Waals surface area (Å²) in [6, 6.07) is 15.6. The largest absolute Gasteiger partial charge is 0.449 e. The number of para-hydroxylation sites is 2. The van der Waals surface area contributed by atoms with Gasteiger partial charge in [0, 0.05) is 17.1 Å². The van der Waals surface area contributed by atoms with Crippen molar-refractivity contribution in [2.75, 3.05) is 10.6 Å². The van der Waals surface area contributed by atoms with Gasteiger partial charge < -0.3 is 15.1 Å². The Labute approximate surface area is 184 Å². The molecule has 0 bridgehead atoms. The summed E-state index contributed by atoms with van der Waals surface area (Å²) in [7, 11) is 0. The second kappa shape index (κ2) is 8.48. The summed E-state index contributed by atoms with van der Waals surface area (Å²) in [5.41, 5.74) is -0.0100. The van der Waals surface area contributed by atoms with Crippen LogP contribution in [0.1, 0.15) is 20.9 Å². The molecule has 3 aromatic carbocycles. The third-order valence-electron chi connectivity index (χ3n) is 4.56. The van der Waals surface area contributed by atoms with Crippen molar-refractivity contribution in [1.82, 2.24) is 0 Å². The van der Waals surface area contributed by atoms with Gasteiger partial charge in [-0.15, -0.1) is 0 Å². The molecule has 0 fully saturated rings. The summed E-state index contributed by atoms with van der Waals surface area (Å²) in [6.45, 7) is 0. The van der Waals surface area contributed by atoms with Crippen LogP contribution in [0.2, 0.25) is 5.02 Å². The molecule has 4 rings (SSSR count). The van der Waals surface area contributed by atoms with E-state index in [0.717, 1.165) is 6.07 Å². The molecule has 0 radical (unpaired) electrons. The lowest BCUT2D eigenvalue weighted by Crippen LogP contribution is -2.18. The molecule has 0 saturated carbocycles. The monoisotopic (exact) mass is 453 g/mol. The average molecular weight is 454 g/mol. The van der Waals surface area contributed by atoms with Crippen molar-refractivity contribution < 1.29 is 23.3 Å². The molecular weight excluding hydrogens is 441 g/mol. The first-order chi connectivity index (χ1) is 15.3. The highest BCUT2D eigenvalue weighted by atomic mass is 35.5. The van der Waals surface area contributed by atoms with Crippen molar-refractivity contribution in [2.45, 2.75) is 0 Å². The van der Waals surface area contributed by atoms with E-state index in [-0.39, 0.29) is 33.4 Å². The van der Waals surface area contributed by atoms with Crippen LogP contribution < -0.4 is 10.6 Å². The fourth-order valence-corrected chi connectivity index (χ4v) is 3.28. The Morgan fingerprint density at radius 1 is 0.969 bits per heavy atom. The number of furan rings is 1. The number of nitrogens with zero attached hydrogens (tertiary/aromatic N) is 1. The van der Waals surface area contributed by atoms with Crippen LogP contribution in [0, 0.1) is 15.9 Å². The minimum atomic E-state index is -0.789. The zero-order valence-corrected chi connectivity index (χ0v) is 16.9. The molecule has 0 atom stereocenters. The number of amides is 2. The molecule has 1 heterocycles. The van der Waals surface area contributed by atoms with Gasteiger partial charge in [0.1, 0.15) is 22.7 Å². The van der Waals surface area contributed by atoms with Crippen LogP contribution >= 0.6 is 11.6 Å². The third-order valence-corrected chi connectivity index (χ3v) is 4.85. The van der Waals surface area contributed by atoms with E-state index in [1.807, 2.05) is 0 Å². The number of carbonyl (C=O) groups is 2. The van der Waals surface area contributed by atoms with Gasteiger partial charge in [0.15, 0.2) is 0 Å². The third kappa shape index (κ3) is 4.01. The zero-order chi connectivity index (χ0) is 22.8. The van der Waals surface area contributed by atoms with Gasteiger partial charge in [-0.25, -0.2) is 4.39 Å². The molecule has 0 saturated heterocycles. The first kappa shape index (κ1) is 21.0. The van der Waals surface area contributed by atoms with Crippen LogP contribution in [-0.4, -0.2) is 16.7 Å². The van der Waals surface area contributed by atoms with Crippen LogP contribution in [0.25, 0.3) is 11.0 Å². The van der Waals surface area contributed by atoms with E-state index in [1.54, 1.807) is 24.3 Å². The number of anilines is 2. The molecule has 0 aliphatic carbocycles. The normalized spacial score (nSPS) is 10.7. The predicted molar refractivity (Wildman–Crippen MR) is 117 cm³/mol. The molecule has 0 aliphatic heterocycles. The maximum absolute atomic E-state index is 13.4. The Morgan fingerprint density at radius 3 is 2.44 bits per heavy atom. The Hall–Kier alpha value is -4.24. The zero-order valence-electron chi connectivity index (χ0n) is 16.1. The summed E-state index contributed by atoms with van der Waals surface area (Å²) in [5, 5.41) is 16.6. The number of rotatable bonds is 5. The van der Waals surface area contributed by atoms with Crippen LogP contribution in [0.3, 0.4) is 0 Å². The molecule has 0 aliphatic rings. The number of hydrogen-bond donors (Lipinski definition) is 2. The van der Waals surface area contributed by atoms with Gasteiger partial charge in [0.2, 0.25) is 5.76 Å². The number of benzene rings is 3. The molecule has 32 heavy (non-hydrogen) atoms. The predicted octanol–water partition coefficient (Wildman–Crippen LogP) is 5.64. The summed E-state index contributed by atoms with van der Waals surface area (Å²) >= 11 is 5.75. The van der Waals surface area contributed by atoms with Gasteiger partial charge in [0.05, 0.1) is 9.95 Å². The van der Waals surface area contributed by atoms with Gasteiger partial charge in [-0.05, 0) is 36.4 Å². The maximum atomic E-state index is 13.4. The Bertz CT molecular complexity index is 1390. The molecule has 8 nitrogen and oxygen atoms in total. The summed E-state index contributed by atoms with van der Waals surface area (Å²) in [6.07, 6.45) is 0. The van der Waals surface area contributed by atoms with E-state index in [9.17, 15) is 24.1 Å². The second-order valence-electron chi connectivity index (χ2n) is 6.61. The molecule has 160 valence electrons. The molecule has 4 aromatic rings. The SMILES string of the molecule is O=C(Nc1c(C(=O)Nc2ccc(F)c(Cl)c2)oc2ccccc12)c1ccccc1[N+](=O)[O-]. The van der Waals surface area contributed by atoms with Gasteiger partial charge in [-0.1, -0.05) is 35.9 Å². The number of nitro benzene ring substituents is 1. The van der Waals surface area contributed by atoms with Crippen LogP contribution in [0.4, 0.5) is 21.5 Å². The lowest BCUT2D eigenvalue weighted by atomic mass is 10.1. The van der Waals surface area contributed by atoms with Gasteiger partial charge in [-0.3, -0.25) is 19.7 Å². The quantitative estimate of drug-likeness (QED) is 0.300. The molecule has 0 unspecified atom stereocenters. The van der Waals surface area contributed by atoms with Crippen LogP contribution in [-0.2, 0) is 0 Å². The van der Waals surface area contributed by atoms with Crippen molar-refractivity contribution in [2.24, 2.45) is 0 Å². The number of halogens is 2. The summed E-state index contributed by atoms with van der Waals surface area (Å²) in [5.74, 6) is -2.41. The fourth-order valence-electron chi connectivity index (χ4n) is 3.10. The molecule has 2 amide bonds. The smallest absolute Gasteiger partial charge is 0.293 e. The minimum Gasteiger partial charge on any atom is -0.449 e. The van der Waals surface area contributed by atoms with Crippen molar-refractivity contribution >= 4 is 51.4 Å². The van der Waals surface area contributed by atoms with Crippen LogP contribution in [0.5, 0.6) is 0 Å². The van der Waals surface area contributed by atoms with Crippen molar-refractivity contribution in [1.29, 1.82) is 0 Å². The van der Waals surface area contributed by atoms with Gasteiger partial charge >= 0.3 is 0 Å². The molecule has 2 N–H and O–H groups in total. The first-order valence-corrected chi connectivity index (χ1v) is 9.55. The number of fused-ring (bicyclic) bond motifs is 1. The van der Waals surface area contributed by atoms with Crippen molar-refractivity contribution in [3.63, 3.8) is 0 Å². The fraction of sp³-hybridized carbons (Fsp3) is 0. The standard InChI is InChI=1S/C22H13ClFN3O5/c23-15-11-12(9-10-16(15)24)25-22(29)20-19(14-6-2-4-8-18(14)32-20)26-21(28)13-5-1-3-7-17(13)27(30)31/h1-11H,(H,25,29)(H,26,28). The maximum Gasteiger partial charge on any atom is 0.293 e. The van der Waals surface area contributed by atoms with Crippen molar-refractivity contribution in [3.8, 4) is 0 Å². The number of carbonyl (C=O) groups excluding carboxylic acids is 2. The first-order valence-electron chi connectivity index (χ1n) is 9.18. The van der Waals surface area contributed by atoms with Gasteiger partial charge in [-0.2, -0.15) is 0 Å². The Balaban J connectivity index is 1.72. The lowest BCUT2D eigenvalue weighted by Gasteiger charge is -2.08. The Kier molecular flexibility index (Phi) is 5.57. The highest BCUT2D eigenvalue weighted by Gasteiger charge is 2.26. The molecule has 10 heteroatoms. The topological polar surface area (TPSA) is 114 Å². The number of nitrogens with one attached hydrogen (secondary N) is 2. The minimum absolute atomic E-state index is 0.0365. The van der Waals surface area contributed by atoms with E-state index >= 15 is 0 Å². The summed E-state index contributed by atoms with van der Waals surface area (Å²) in [4.78, 5) is 36.3. The van der Waals surface area contributed by atoms with E-state index in [2.05, 4.69) is 10.6 Å². The van der Waals surface area contributed by atoms with Crippen LogP contribution in [0.15, 0.2) is 71.1 Å². The summed E-state index contributed by atoms with van der Waals surface area (Å²) < 4.78 is 19.0. The average Bonchev–Trinajstić information content (AvgIpc) is 3.15. The Morgan fingerprint density at radius 2 is 1.69 bits per heavy atom. The van der Waals surface area contributed by atoms with E-state index in [0.29, 0.717) is 11.0 Å². The number of hydrogen-bond acceptors (Lipinski definition) is 5. The molecule has 0 spiro atoms. The lowest BCUT2D eigenvalue weighted by molar-refractivity contribution is -0.385. The molecular formula is C22H13ClFN3O5. The highest BCUT2D eigenvalue weighted by Crippen LogP contribution is 2.33. The molecule has 1 aromatic heterocycles. The highest BCUT2D eigenvalue weighted by molar-refractivity contribution is 6.31. The number of nitro groups is 1. The van der Waals surface area contributed by atoms with E-state index in [4.69, 9.17) is 16.0 Å². The second-order valence-corrected chi connectivity index (χ2v) is 7.02. The van der Waals surface area contributed by atoms with E-state index in [1.165, 1.54) is 36.4 Å². The van der Waals surface area contributed by atoms with Gasteiger partial charge in [0.25, 0.3) is 17.5 Å². The van der Waals surface area contributed by atoms with Crippen molar-refractivity contribution in [3.05, 3.63) is 99.0 Å².